The van der Waals surface area contributed by atoms with Crippen molar-refractivity contribution in [2.45, 2.75) is 179 Å². The number of carbonyl (C=O) groups is 1. The normalized spacial score (nSPS) is 22.1. The summed E-state index contributed by atoms with van der Waals surface area (Å²) in [6, 6.07) is 0. The highest BCUT2D eigenvalue weighted by Crippen LogP contribution is 2.26. The molecule has 0 aromatic carbocycles. The van der Waals surface area contributed by atoms with Gasteiger partial charge < -0.3 is 34.3 Å². The van der Waals surface area contributed by atoms with Crippen molar-refractivity contribution in [2.75, 3.05) is 26.4 Å². The van der Waals surface area contributed by atoms with Gasteiger partial charge >= 0.3 is 16.4 Å². The summed E-state index contributed by atoms with van der Waals surface area (Å²) in [5, 5.41) is 30.3. The van der Waals surface area contributed by atoms with Gasteiger partial charge in [0.15, 0.2) is 6.29 Å². The van der Waals surface area contributed by atoms with Crippen molar-refractivity contribution in [3.05, 3.63) is 24.3 Å². The van der Waals surface area contributed by atoms with Crippen LogP contribution in [0.5, 0.6) is 0 Å². The number of rotatable bonds is 32. The number of aliphatic hydroxyl groups excluding tert-OH is 3. The van der Waals surface area contributed by atoms with Gasteiger partial charge in [0.1, 0.15) is 30.5 Å². The zero-order chi connectivity index (χ0) is 36.9. The standard InChI is InChI=1S/C37H68O12S/c1-3-5-7-9-10-11-12-13-14-15-16-17-18-19-20-21-22-23-25-27-45-29-31(47-33(39)26-24-8-6-4-2)30-46-37-35(41)36(49-50(42,43)44)34(40)32(28-38)48-37/h11-12,14-15,31-32,34-38,40-41H,3-10,13,16-30H2,1-2H3,(H,42,43,44)/b12-11-,15-14-. The Labute approximate surface area is 301 Å². The van der Waals surface area contributed by atoms with E-state index >= 15 is 0 Å². The second-order valence-electron chi connectivity index (χ2n) is 13.2. The van der Waals surface area contributed by atoms with E-state index in [0.717, 1.165) is 51.4 Å². The number of unbranched alkanes of at least 4 members (excludes halogenated alkanes) is 15. The van der Waals surface area contributed by atoms with Gasteiger partial charge in [-0.1, -0.05) is 115 Å². The smallest absolute Gasteiger partial charge is 0.397 e. The summed E-state index contributed by atoms with van der Waals surface area (Å²) in [5.74, 6) is -0.420. The molecule has 0 spiro atoms. The average molecular weight is 737 g/mol. The quantitative estimate of drug-likeness (QED) is 0.0255. The Morgan fingerprint density at radius 1 is 0.760 bits per heavy atom. The van der Waals surface area contributed by atoms with Gasteiger partial charge in [0.05, 0.1) is 19.8 Å². The molecular weight excluding hydrogens is 668 g/mol. The van der Waals surface area contributed by atoms with Gasteiger partial charge in [-0.15, -0.1) is 0 Å². The molecule has 50 heavy (non-hydrogen) atoms. The van der Waals surface area contributed by atoms with Crippen LogP contribution >= 0.6 is 0 Å². The van der Waals surface area contributed by atoms with Crippen molar-refractivity contribution in [3.8, 4) is 0 Å². The molecule has 0 aliphatic carbocycles. The fourth-order valence-electron chi connectivity index (χ4n) is 5.64. The Hall–Kier alpha value is -1.42. The number of esters is 1. The van der Waals surface area contributed by atoms with Gasteiger partial charge in [0.2, 0.25) is 0 Å². The molecule has 12 nitrogen and oxygen atoms in total. The molecule has 0 amide bonds. The number of ether oxygens (including phenoxy) is 4. The number of allylic oxidation sites excluding steroid dienone is 4. The monoisotopic (exact) mass is 736 g/mol. The highest BCUT2D eigenvalue weighted by atomic mass is 32.3. The van der Waals surface area contributed by atoms with Gasteiger partial charge in [-0.2, -0.15) is 8.42 Å². The van der Waals surface area contributed by atoms with E-state index in [1.165, 1.54) is 64.2 Å². The van der Waals surface area contributed by atoms with E-state index in [9.17, 15) is 28.5 Å². The number of hydrogen-bond acceptors (Lipinski definition) is 11. The molecule has 1 aliphatic rings. The first-order chi connectivity index (χ1) is 24.1. The molecule has 0 radical (unpaired) electrons. The molecule has 0 bridgehead atoms. The third-order valence-electron chi connectivity index (χ3n) is 8.58. The lowest BCUT2D eigenvalue weighted by atomic mass is 9.99. The second kappa shape index (κ2) is 30.1. The number of aliphatic hydroxyl groups is 3. The van der Waals surface area contributed by atoms with Gasteiger partial charge in [0, 0.05) is 13.0 Å². The number of hydrogen-bond donors (Lipinski definition) is 4. The molecule has 6 unspecified atom stereocenters. The minimum atomic E-state index is -5.05. The van der Waals surface area contributed by atoms with Crippen LogP contribution in [0.4, 0.5) is 0 Å². The fourth-order valence-corrected chi connectivity index (χ4v) is 6.15. The Morgan fingerprint density at radius 3 is 1.90 bits per heavy atom. The predicted octanol–water partition coefficient (Wildman–Crippen LogP) is 6.51. The molecule has 294 valence electrons. The van der Waals surface area contributed by atoms with Crippen molar-refractivity contribution in [1.82, 2.24) is 0 Å². The average Bonchev–Trinajstić information content (AvgIpc) is 3.08. The molecule has 0 aromatic rings. The number of carbonyl (C=O) groups excluding carboxylic acids is 1. The molecule has 1 fully saturated rings. The Morgan fingerprint density at radius 2 is 1.32 bits per heavy atom. The Balaban J connectivity index is 2.34. The van der Waals surface area contributed by atoms with Crippen LogP contribution in [0.1, 0.15) is 142 Å². The maximum absolute atomic E-state index is 12.5. The van der Waals surface area contributed by atoms with Crippen LogP contribution < -0.4 is 0 Å². The van der Waals surface area contributed by atoms with Crippen molar-refractivity contribution < 1.29 is 56.2 Å². The van der Waals surface area contributed by atoms with Crippen molar-refractivity contribution in [2.24, 2.45) is 0 Å². The van der Waals surface area contributed by atoms with Crippen molar-refractivity contribution in [3.63, 3.8) is 0 Å². The summed E-state index contributed by atoms with van der Waals surface area (Å²) in [6.45, 7) is 3.80. The van der Waals surface area contributed by atoms with Crippen LogP contribution in [-0.4, -0.2) is 97.5 Å². The first kappa shape index (κ1) is 46.6. The summed E-state index contributed by atoms with van der Waals surface area (Å²) in [6.07, 6.45) is 21.5. The second-order valence-corrected chi connectivity index (χ2v) is 14.2. The first-order valence-electron chi connectivity index (χ1n) is 19.1. The third-order valence-corrected chi connectivity index (χ3v) is 9.04. The minimum Gasteiger partial charge on any atom is -0.457 e. The van der Waals surface area contributed by atoms with E-state index in [2.05, 4.69) is 42.3 Å². The van der Waals surface area contributed by atoms with Crippen LogP contribution in [0.15, 0.2) is 24.3 Å². The fraction of sp³-hybridized carbons (Fsp3) is 0.865. The minimum absolute atomic E-state index is 0.0320. The van der Waals surface area contributed by atoms with Crippen molar-refractivity contribution in [1.29, 1.82) is 0 Å². The van der Waals surface area contributed by atoms with E-state index in [4.69, 9.17) is 23.5 Å². The van der Waals surface area contributed by atoms with Crippen LogP contribution in [-0.2, 0) is 38.3 Å². The van der Waals surface area contributed by atoms with Gasteiger partial charge in [-0.3, -0.25) is 9.35 Å². The zero-order valence-electron chi connectivity index (χ0n) is 30.7. The molecule has 13 heteroatoms. The molecule has 0 aromatic heterocycles. The van der Waals surface area contributed by atoms with E-state index in [1.54, 1.807) is 0 Å². The molecule has 0 saturated carbocycles. The van der Waals surface area contributed by atoms with Crippen molar-refractivity contribution >= 4 is 16.4 Å². The Kier molecular flexibility index (Phi) is 28.0. The lowest BCUT2D eigenvalue weighted by Crippen LogP contribution is -2.60. The molecule has 1 heterocycles. The van der Waals surface area contributed by atoms with E-state index < -0.39 is 59.8 Å². The SMILES string of the molecule is CCCCCC/C=C\C/C=C\CCCCCCCCCCOCC(COC1OC(CO)C(O)C(OS(=O)(=O)O)C1O)OC(=O)CCCCCC. The highest BCUT2D eigenvalue weighted by molar-refractivity contribution is 7.80. The van der Waals surface area contributed by atoms with E-state index in [1.807, 2.05) is 0 Å². The summed E-state index contributed by atoms with van der Waals surface area (Å²) in [7, 11) is -5.05. The lowest BCUT2D eigenvalue weighted by Gasteiger charge is -2.41. The highest BCUT2D eigenvalue weighted by Gasteiger charge is 2.48. The predicted molar refractivity (Wildman–Crippen MR) is 193 cm³/mol. The maximum Gasteiger partial charge on any atom is 0.397 e. The zero-order valence-corrected chi connectivity index (χ0v) is 31.5. The van der Waals surface area contributed by atoms with Crippen LogP contribution in [0, 0.1) is 0 Å². The van der Waals surface area contributed by atoms with Crippen LogP contribution in [0.2, 0.25) is 0 Å². The van der Waals surface area contributed by atoms with E-state index in [0.29, 0.717) is 13.0 Å². The molecule has 1 rings (SSSR count). The summed E-state index contributed by atoms with van der Waals surface area (Å²) in [4.78, 5) is 12.5. The molecule has 6 atom stereocenters. The van der Waals surface area contributed by atoms with Crippen LogP contribution in [0.3, 0.4) is 0 Å². The largest absolute Gasteiger partial charge is 0.457 e. The van der Waals surface area contributed by atoms with E-state index in [-0.39, 0.29) is 19.6 Å². The summed E-state index contributed by atoms with van der Waals surface area (Å²) >= 11 is 0. The van der Waals surface area contributed by atoms with Crippen LogP contribution in [0.25, 0.3) is 0 Å². The summed E-state index contributed by atoms with van der Waals surface area (Å²) < 4.78 is 58.4. The lowest BCUT2D eigenvalue weighted by molar-refractivity contribution is -0.301. The molecular formula is C37H68O12S. The first-order valence-corrected chi connectivity index (χ1v) is 20.5. The molecule has 1 saturated heterocycles. The van der Waals surface area contributed by atoms with Gasteiger partial charge in [0.25, 0.3) is 0 Å². The van der Waals surface area contributed by atoms with Gasteiger partial charge in [-0.25, -0.2) is 4.18 Å². The van der Waals surface area contributed by atoms with Gasteiger partial charge in [-0.05, 0) is 44.9 Å². The molecule has 1 aliphatic heterocycles. The maximum atomic E-state index is 12.5. The third kappa shape index (κ3) is 23.9. The summed E-state index contributed by atoms with van der Waals surface area (Å²) in [5.41, 5.74) is 0. The Bertz CT molecular complexity index is 989. The molecule has 4 N–H and O–H groups in total. The topological polar surface area (TPSA) is 178 Å².